The van der Waals surface area contributed by atoms with Crippen LogP contribution in [0, 0.1) is 18.3 Å². The lowest BCUT2D eigenvalue weighted by Gasteiger charge is -2.27. The molecular weight excluding hydrogens is 416 g/mol. The fraction of sp³-hybridized carbons (Fsp3) is 0.364. The molecule has 1 fully saturated rings. The van der Waals surface area contributed by atoms with Crippen molar-refractivity contribution >= 4 is 33.2 Å². The number of hydrogen-bond donors (Lipinski definition) is 1. The van der Waals surface area contributed by atoms with Crippen molar-refractivity contribution in [2.75, 3.05) is 36.4 Å². The molecule has 1 saturated heterocycles. The molecule has 0 aliphatic carbocycles. The van der Waals surface area contributed by atoms with Crippen molar-refractivity contribution in [3.05, 3.63) is 58.1 Å². The van der Waals surface area contributed by atoms with Crippen molar-refractivity contribution in [3.8, 4) is 6.07 Å². The van der Waals surface area contributed by atoms with E-state index in [1.807, 2.05) is 56.3 Å². The Morgan fingerprint density at radius 2 is 1.89 bits per heavy atom. The summed E-state index contributed by atoms with van der Waals surface area (Å²) in [5, 5.41) is 12.0. The lowest BCUT2D eigenvalue weighted by molar-refractivity contribution is -0.120. The van der Waals surface area contributed by atoms with Gasteiger partial charge in [0.25, 0.3) is 0 Å². The number of nitrogens with one attached hydrogen (secondary N) is 1. The van der Waals surface area contributed by atoms with Gasteiger partial charge in [0.2, 0.25) is 5.91 Å². The third kappa shape index (κ3) is 4.92. The highest BCUT2D eigenvalue weighted by Crippen LogP contribution is 2.24. The van der Waals surface area contributed by atoms with Crippen LogP contribution < -0.4 is 10.2 Å². The van der Waals surface area contributed by atoms with Crippen LogP contribution in [0.4, 0.5) is 11.4 Å². The molecule has 2 aromatic carbocycles. The monoisotopic (exact) mass is 440 g/mol. The van der Waals surface area contributed by atoms with Gasteiger partial charge in [-0.25, -0.2) is 0 Å². The van der Waals surface area contributed by atoms with Gasteiger partial charge in [-0.1, -0.05) is 6.07 Å². The molecule has 6 heteroatoms. The van der Waals surface area contributed by atoms with E-state index >= 15 is 0 Å². The Morgan fingerprint density at radius 3 is 2.57 bits per heavy atom. The van der Waals surface area contributed by atoms with E-state index in [1.54, 1.807) is 0 Å². The summed E-state index contributed by atoms with van der Waals surface area (Å²) in [7, 11) is 0. The van der Waals surface area contributed by atoms with Crippen LogP contribution in [0.15, 0.2) is 46.9 Å². The zero-order valence-corrected chi connectivity index (χ0v) is 17.9. The smallest absolute Gasteiger partial charge is 0.241 e. The Kier molecular flexibility index (Phi) is 6.71. The highest BCUT2D eigenvalue weighted by atomic mass is 79.9. The molecular formula is C22H25BrN4O. The number of nitrogens with zero attached hydrogens (tertiary/aromatic N) is 3. The van der Waals surface area contributed by atoms with Gasteiger partial charge >= 0.3 is 0 Å². The van der Waals surface area contributed by atoms with Crippen molar-refractivity contribution in [2.24, 2.45) is 0 Å². The van der Waals surface area contributed by atoms with Crippen LogP contribution in [-0.2, 0) is 4.79 Å². The molecule has 2 aromatic rings. The van der Waals surface area contributed by atoms with Gasteiger partial charge in [-0.3, -0.25) is 9.69 Å². The number of nitriles is 1. The van der Waals surface area contributed by atoms with Crippen molar-refractivity contribution < 1.29 is 4.79 Å². The minimum Gasteiger partial charge on any atom is -0.370 e. The van der Waals surface area contributed by atoms with E-state index in [1.165, 1.54) is 0 Å². The largest absolute Gasteiger partial charge is 0.370 e. The Balaban J connectivity index is 1.60. The molecule has 0 radical (unpaired) electrons. The lowest BCUT2D eigenvalue weighted by atomic mass is 10.2. The maximum absolute atomic E-state index is 12.8. The summed E-state index contributed by atoms with van der Waals surface area (Å²) in [5.41, 5.74) is 3.75. The molecule has 1 atom stereocenters. The molecule has 1 N–H and O–H groups in total. The first-order chi connectivity index (χ1) is 13.5. The van der Waals surface area contributed by atoms with Gasteiger partial charge < -0.3 is 10.2 Å². The number of carbonyl (C=O) groups excluding carboxylic acids is 1. The highest BCUT2D eigenvalue weighted by Gasteiger charge is 2.24. The third-order valence-electron chi connectivity index (χ3n) is 5.20. The van der Waals surface area contributed by atoms with Gasteiger partial charge in [0.05, 0.1) is 23.4 Å². The Labute approximate surface area is 175 Å². The number of hydrogen-bond acceptors (Lipinski definition) is 4. The summed E-state index contributed by atoms with van der Waals surface area (Å²) in [4.78, 5) is 17.3. The maximum atomic E-state index is 12.8. The van der Waals surface area contributed by atoms with Crippen LogP contribution in [-0.4, -0.2) is 43.0 Å². The minimum absolute atomic E-state index is 0.0105. The quantitative estimate of drug-likeness (QED) is 0.774. The highest BCUT2D eigenvalue weighted by molar-refractivity contribution is 9.10. The molecule has 1 unspecified atom stereocenters. The summed E-state index contributed by atoms with van der Waals surface area (Å²) in [5.74, 6) is 0.0105. The average molecular weight is 441 g/mol. The minimum atomic E-state index is -0.200. The van der Waals surface area contributed by atoms with Crippen LogP contribution in [0.5, 0.6) is 0 Å². The first-order valence-electron chi connectivity index (χ1n) is 9.54. The molecule has 0 bridgehead atoms. The predicted molar refractivity (Wildman–Crippen MR) is 117 cm³/mol. The second kappa shape index (κ2) is 9.22. The fourth-order valence-corrected chi connectivity index (χ4v) is 4.05. The number of halogens is 1. The lowest BCUT2D eigenvalue weighted by Crippen LogP contribution is -2.44. The molecule has 3 rings (SSSR count). The van der Waals surface area contributed by atoms with Crippen molar-refractivity contribution in [2.45, 2.75) is 26.3 Å². The summed E-state index contributed by atoms with van der Waals surface area (Å²) < 4.78 is 0.899. The van der Waals surface area contributed by atoms with E-state index in [2.05, 4.69) is 37.1 Å². The van der Waals surface area contributed by atoms with Gasteiger partial charge in [-0.2, -0.15) is 5.26 Å². The van der Waals surface area contributed by atoms with E-state index in [-0.39, 0.29) is 11.9 Å². The van der Waals surface area contributed by atoms with Crippen LogP contribution in [0.3, 0.4) is 0 Å². The first kappa shape index (κ1) is 20.4. The van der Waals surface area contributed by atoms with E-state index in [0.29, 0.717) is 5.56 Å². The molecule has 0 spiro atoms. The summed E-state index contributed by atoms with van der Waals surface area (Å²) in [6.07, 6.45) is 0.992. The van der Waals surface area contributed by atoms with Crippen LogP contribution in [0.25, 0.3) is 0 Å². The van der Waals surface area contributed by atoms with E-state index in [4.69, 9.17) is 5.26 Å². The third-order valence-corrected chi connectivity index (χ3v) is 5.86. The van der Waals surface area contributed by atoms with Gasteiger partial charge in [-0.05, 0) is 78.2 Å². The van der Waals surface area contributed by atoms with E-state index in [9.17, 15) is 4.79 Å². The second-order valence-electron chi connectivity index (χ2n) is 7.18. The Bertz CT molecular complexity index is 875. The number of benzene rings is 2. The Hall–Kier alpha value is -2.36. The van der Waals surface area contributed by atoms with Crippen molar-refractivity contribution in [1.82, 2.24) is 4.90 Å². The molecule has 146 valence electrons. The van der Waals surface area contributed by atoms with Crippen molar-refractivity contribution in [3.63, 3.8) is 0 Å². The zero-order valence-electron chi connectivity index (χ0n) is 16.3. The topological polar surface area (TPSA) is 59.4 Å². The molecule has 0 saturated carbocycles. The molecule has 1 aliphatic rings. The summed E-state index contributed by atoms with van der Waals surface area (Å²) in [6, 6.07) is 15.6. The van der Waals surface area contributed by atoms with Crippen molar-refractivity contribution in [1.29, 1.82) is 5.26 Å². The summed E-state index contributed by atoms with van der Waals surface area (Å²) >= 11 is 3.52. The molecule has 0 aromatic heterocycles. The second-order valence-corrected chi connectivity index (χ2v) is 8.04. The zero-order chi connectivity index (χ0) is 20.1. The van der Waals surface area contributed by atoms with E-state index < -0.39 is 0 Å². The molecule has 1 amide bonds. The first-order valence-corrected chi connectivity index (χ1v) is 10.3. The molecule has 5 nitrogen and oxygen atoms in total. The molecule has 1 aliphatic heterocycles. The van der Waals surface area contributed by atoms with Gasteiger partial charge in [0, 0.05) is 36.3 Å². The average Bonchev–Trinajstić information content (AvgIpc) is 2.96. The van der Waals surface area contributed by atoms with Gasteiger partial charge in [-0.15, -0.1) is 0 Å². The van der Waals surface area contributed by atoms with Gasteiger partial charge in [0.1, 0.15) is 0 Å². The van der Waals surface area contributed by atoms with Crippen LogP contribution >= 0.6 is 15.9 Å². The number of amides is 1. The van der Waals surface area contributed by atoms with Crippen LogP contribution in [0.1, 0.15) is 24.5 Å². The Morgan fingerprint density at radius 1 is 1.14 bits per heavy atom. The predicted octanol–water partition coefficient (Wildman–Crippen LogP) is 4.17. The standard InChI is InChI=1S/C22H25BrN4O/c1-16-4-9-21(20(23)14-16)25-22(28)17(2)26-10-3-11-27(13-12-26)19-7-5-18(15-24)6-8-19/h4-9,14,17H,3,10-13H2,1-2H3,(H,25,28). The number of rotatable bonds is 4. The maximum Gasteiger partial charge on any atom is 0.241 e. The van der Waals surface area contributed by atoms with E-state index in [0.717, 1.165) is 54.0 Å². The van der Waals surface area contributed by atoms with Gasteiger partial charge in [0.15, 0.2) is 0 Å². The molecule has 28 heavy (non-hydrogen) atoms. The summed E-state index contributed by atoms with van der Waals surface area (Å²) in [6.45, 7) is 7.50. The fourth-order valence-electron chi connectivity index (χ4n) is 3.45. The normalized spacial score (nSPS) is 16.1. The SMILES string of the molecule is Cc1ccc(NC(=O)C(C)N2CCCN(c3ccc(C#N)cc3)CC2)c(Br)c1. The molecule has 1 heterocycles. The number of carbonyl (C=O) groups is 1. The number of anilines is 2. The van der Waals surface area contributed by atoms with Crippen LogP contribution in [0.2, 0.25) is 0 Å². The number of aryl methyl sites for hydroxylation is 1.